The second-order valence-electron chi connectivity index (χ2n) is 6.09. The van der Waals surface area contributed by atoms with Crippen LogP contribution in [-0.4, -0.2) is 11.7 Å². The van der Waals surface area contributed by atoms with Crippen molar-refractivity contribution in [1.29, 1.82) is 0 Å². The summed E-state index contributed by atoms with van der Waals surface area (Å²) in [6, 6.07) is 28.7. The van der Waals surface area contributed by atoms with Crippen molar-refractivity contribution in [3.05, 3.63) is 107 Å². The van der Waals surface area contributed by atoms with Crippen molar-refractivity contribution in [3.8, 4) is 0 Å². The molecule has 0 saturated heterocycles. The highest BCUT2D eigenvalue weighted by atomic mass is 16.3. The van der Waals surface area contributed by atoms with Gasteiger partial charge in [-0.15, -0.1) is 0 Å². The van der Waals surface area contributed by atoms with E-state index < -0.39 is 6.10 Å². The van der Waals surface area contributed by atoms with E-state index in [4.69, 9.17) is 0 Å². The van der Waals surface area contributed by atoms with Gasteiger partial charge in [-0.05, 0) is 23.6 Å². The van der Waals surface area contributed by atoms with Crippen LogP contribution in [0.1, 0.15) is 34.4 Å². The summed E-state index contributed by atoms with van der Waals surface area (Å²) >= 11 is 0. The van der Waals surface area contributed by atoms with Crippen LogP contribution in [0.15, 0.2) is 84.9 Å². The highest BCUT2D eigenvalue weighted by molar-refractivity contribution is 5.33. The Hall–Kier alpha value is -2.42. The third-order valence-corrected chi connectivity index (χ3v) is 4.24. The van der Waals surface area contributed by atoms with Crippen molar-refractivity contribution < 1.29 is 5.11 Å². The van der Waals surface area contributed by atoms with Crippen molar-refractivity contribution in [1.82, 2.24) is 5.32 Å². The van der Waals surface area contributed by atoms with Crippen LogP contribution >= 0.6 is 0 Å². The Bertz CT molecular complexity index is 738. The topological polar surface area (TPSA) is 32.3 Å². The zero-order chi connectivity index (χ0) is 16.8. The number of aliphatic hydroxyl groups is 1. The molecular weight excluding hydrogens is 294 g/mol. The summed E-state index contributed by atoms with van der Waals surface area (Å²) in [5.74, 6) is 0. The first-order valence-electron chi connectivity index (χ1n) is 8.32. The molecule has 0 unspecified atom stereocenters. The molecule has 3 aromatic carbocycles. The molecule has 122 valence electrons. The van der Waals surface area contributed by atoms with Gasteiger partial charge in [-0.3, -0.25) is 0 Å². The van der Waals surface area contributed by atoms with Gasteiger partial charge in [-0.1, -0.05) is 90.5 Å². The lowest BCUT2D eigenvalue weighted by Gasteiger charge is -2.22. The minimum absolute atomic E-state index is 0.0603. The Kier molecular flexibility index (Phi) is 5.42. The first kappa shape index (κ1) is 16.4. The van der Waals surface area contributed by atoms with Crippen LogP contribution in [0.3, 0.4) is 0 Å². The molecular formula is C22H23NO. The number of aliphatic hydroxyl groups excluding tert-OH is 1. The predicted octanol–water partition coefficient (Wildman–Crippen LogP) is 4.41. The van der Waals surface area contributed by atoms with Gasteiger partial charge >= 0.3 is 0 Å². The number of benzene rings is 3. The highest BCUT2D eigenvalue weighted by Gasteiger charge is 2.15. The summed E-state index contributed by atoms with van der Waals surface area (Å²) in [7, 11) is 0. The minimum atomic E-state index is -0.525. The molecule has 24 heavy (non-hydrogen) atoms. The Morgan fingerprint density at radius 1 is 0.708 bits per heavy atom. The molecule has 0 saturated carbocycles. The molecule has 0 radical (unpaired) electrons. The fraction of sp³-hybridized carbons (Fsp3) is 0.182. The van der Waals surface area contributed by atoms with E-state index in [0.29, 0.717) is 6.54 Å². The molecule has 0 aliphatic carbocycles. The zero-order valence-corrected chi connectivity index (χ0v) is 13.9. The third kappa shape index (κ3) is 4.10. The van der Waals surface area contributed by atoms with Crippen molar-refractivity contribution in [2.24, 2.45) is 0 Å². The second kappa shape index (κ2) is 7.91. The standard InChI is InChI=1S/C22H23NO/c1-17-12-14-20(15-13-17)22(19-10-6-3-7-11-19)23-16-21(24)18-8-4-2-5-9-18/h2-15,21-24H,16H2,1H3/t21-,22-/m0/s1. The van der Waals surface area contributed by atoms with Crippen LogP contribution in [0, 0.1) is 6.92 Å². The summed E-state index contributed by atoms with van der Waals surface area (Å²) in [5, 5.41) is 14.0. The molecule has 3 aromatic rings. The van der Waals surface area contributed by atoms with E-state index in [1.54, 1.807) is 0 Å². The quantitative estimate of drug-likeness (QED) is 0.706. The predicted molar refractivity (Wildman–Crippen MR) is 98.9 cm³/mol. The van der Waals surface area contributed by atoms with Gasteiger partial charge in [0.05, 0.1) is 12.1 Å². The fourth-order valence-electron chi connectivity index (χ4n) is 2.86. The summed E-state index contributed by atoms with van der Waals surface area (Å²) in [6.07, 6.45) is -0.525. The lowest BCUT2D eigenvalue weighted by Crippen LogP contribution is -2.27. The van der Waals surface area contributed by atoms with E-state index in [2.05, 4.69) is 48.6 Å². The molecule has 2 nitrogen and oxygen atoms in total. The van der Waals surface area contributed by atoms with E-state index in [1.807, 2.05) is 48.5 Å². The molecule has 0 amide bonds. The van der Waals surface area contributed by atoms with Crippen molar-refractivity contribution >= 4 is 0 Å². The second-order valence-corrected chi connectivity index (χ2v) is 6.09. The van der Waals surface area contributed by atoms with Crippen LogP contribution in [0.5, 0.6) is 0 Å². The van der Waals surface area contributed by atoms with Gasteiger partial charge in [0.2, 0.25) is 0 Å². The largest absolute Gasteiger partial charge is 0.387 e. The minimum Gasteiger partial charge on any atom is -0.387 e. The maximum Gasteiger partial charge on any atom is 0.0914 e. The molecule has 0 bridgehead atoms. The van der Waals surface area contributed by atoms with Gasteiger partial charge in [0.25, 0.3) is 0 Å². The summed E-state index contributed by atoms with van der Waals surface area (Å²) in [5.41, 5.74) is 4.57. The van der Waals surface area contributed by atoms with Crippen molar-refractivity contribution in [2.45, 2.75) is 19.1 Å². The van der Waals surface area contributed by atoms with E-state index >= 15 is 0 Å². The van der Waals surface area contributed by atoms with E-state index in [9.17, 15) is 5.11 Å². The molecule has 2 N–H and O–H groups in total. The van der Waals surface area contributed by atoms with Crippen LogP contribution in [-0.2, 0) is 0 Å². The van der Waals surface area contributed by atoms with Gasteiger partial charge in [-0.25, -0.2) is 0 Å². The first-order valence-corrected chi connectivity index (χ1v) is 8.32. The Labute approximate surface area is 143 Å². The van der Waals surface area contributed by atoms with Gasteiger partial charge in [0.1, 0.15) is 0 Å². The van der Waals surface area contributed by atoms with Crippen LogP contribution in [0.2, 0.25) is 0 Å². The van der Waals surface area contributed by atoms with Crippen LogP contribution in [0.25, 0.3) is 0 Å². The number of aryl methyl sites for hydroxylation is 1. The average molecular weight is 317 g/mol. The molecule has 2 atom stereocenters. The molecule has 2 heteroatoms. The first-order chi connectivity index (χ1) is 11.7. The number of hydrogen-bond donors (Lipinski definition) is 2. The van der Waals surface area contributed by atoms with Crippen LogP contribution < -0.4 is 5.32 Å². The van der Waals surface area contributed by atoms with E-state index in [0.717, 1.165) is 5.56 Å². The highest BCUT2D eigenvalue weighted by Crippen LogP contribution is 2.23. The van der Waals surface area contributed by atoms with Gasteiger partial charge in [-0.2, -0.15) is 0 Å². The SMILES string of the molecule is Cc1ccc([C@@H](NC[C@H](O)c2ccccc2)c2ccccc2)cc1. The fourth-order valence-corrected chi connectivity index (χ4v) is 2.86. The lowest BCUT2D eigenvalue weighted by molar-refractivity contribution is 0.172. The number of nitrogens with one attached hydrogen (secondary N) is 1. The monoisotopic (exact) mass is 317 g/mol. The van der Waals surface area contributed by atoms with E-state index in [1.165, 1.54) is 16.7 Å². The van der Waals surface area contributed by atoms with E-state index in [-0.39, 0.29) is 6.04 Å². The smallest absolute Gasteiger partial charge is 0.0914 e. The number of hydrogen-bond acceptors (Lipinski definition) is 2. The summed E-state index contributed by atoms with van der Waals surface area (Å²) in [4.78, 5) is 0. The maximum absolute atomic E-state index is 10.4. The third-order valence-electron chi connectivity index (χ3n) is 4.24. The van der Waals surface area contributed by atoms with Gasteiger partial charge in [0.15, 0.2) is 0 Å². The normalized spacial score (nSPS) is 13.4. The molecule has 0 heterocycles. The van der Waals surface area contributed by atoms with Crippen molar-refractivity contribution in [3.63, 3.8) is 0 Å². The van der Waals surface area contributed by atoms with Crippen molar-refractivity contribution in [2.75, 3.05) is 6.54 Å². The average Bonchev–Trinajstić information content (AvgIpc) is 2.65. The molecule has 3 rings (SSSR count). The summed E-state index contributed by atoms with van der Waals surface area (Å²) in [6.45, 7) is 2.59. The molecule has 0 spiro atoms. The van der Waals surface area contributed by atoms with Crippen LogP contribution in [0.4, 0.5) is 0 Å². The maximum atomic E-state index is 10.4. The Morgan fingerprint density at radius 3 is 1.79 bits per heavy atom. The lowest BCUT2D eigenvalue weighted by atomic mass is 9.97. The Morgan fingerprint density at radius 2 is 1.21 bits per heavy atom. The number of rotatable bonds is 6. The Balaban J connectivity index is 1.79. The molecule has 0 aliphatic heterocycles. The summed E-state index contributed by atoms with van der Waals surface area (Å²) < 4.78 is 0. The van der Waals surface area contributed by atoms with Gasteiger partial charge < -0.3 is 10.4 Å². The molecule has 0 aromatic heterocycles. The molecule has 0 fully saturated rings. The van der Waals surface area contributed by atoms with Gasteiger partial charge in [0, 0.05) is 6.54 Å². The molecule has 0 aliphatic rings. The zero-order valence-electron chi connectivity index (χ0n) is 13.9.